The molecular weight excluding hydrogens is 330 g/mol. The Morgan fingerprint density at radius 2 is 2.00 bits per heavy atom. The molecule has 0 radical (unpaired) electrons. The van der Waals surface area contributed by atoms with E-state index in [9.17, 15) is 22.4 Å². The lowest BCUT2D eigenvalue weighted by molar-refractivity contribution is -0.140. The van der Waals surface area contributed by atoms with Gasteiger partial charge in [-0.3, -0.25) is 0 Å². The van der Waals surface area contributed by atoms with Crippen molar-refractivity contribution in [2.75, 3.05) is 12.8 Å². The molecule has 126 valence electrons. The van der Waals surface area contributed by atoms with Crippen LogP contribution in [0.3, 0.4) is 0 Å². The number of rotatable bonds is 2. The lowest BCUT2D eigenvalue weighted by Gasteiger charge is -2.14. The summed E-state index contributed by atoms with van der Waals surface area (Å²) in [6.45, 7) is 1.16. The minimum Gasteiger partial charge on any atom is -0.464 e. The number of aryl methyl sites for hydroxylation is 1. The van der Waals surface area contributed by atoms with Crippen molar-refractivity contribution < 1.29 is 27.1 Å². The second-order valence-corrected chi connectivity index (χ2v) is 4.90. The summed E-state index contributed by atoms with van der Waals surface area (Å²) in [7, 11) is 1.06. The van der Waals surface area contributed by atoms with Gasteiger partial charge in [0.15, 0.2) is 5.69 Å². The molecule has 0 unspecified atom stereocenters. The number of carbonyl (C=O) groups excluding carboxylic acids is 1. The number of benzene rings is 1. The zero-order valence-electron chi connectivity index (χ0n) is 12.5. The van der Waals surface area contributed by atoms with Gasteiger partial charge in [-0.15, -0.1) is 0 Å². The number of nitrogens with zero attached hydrogens (tertiary/aromatic N) is 2. The average molecular weight is 341 g/mol. The Morgan fingerprint density at radius 1 is 1.38 bits per heavy atom. The zero-order valence-corrected chi connectivity index (χ0v) is 12.5. The van der Waals surface area contributed by atoms with Gasteiger partial charge in [0.05, 0.1) is 23.9 Å². The number of carbonyl (C=O) groups is 1. The van der Waals surface area contributed by atoms with Crippen molar-refractivity contribution in [2.45, 2.75) is 13.1 Å². The van der Waals surface area contributed by atoms with Crippen LogP contribution in [0.2, 0.25) is 0 Å². The molecule has 5 nitrogen and oxygen atoms in total. The van der Waals surface area contributed by atoms with E-state index in [-0.39, 0.29) is 28.2 Å². The van der Waals surface area contributed by atoms with Gasteiger partial charge in [0.2, 0.25) is 0 Å². The van der Waals surface area contributed by atoms with Crippen LogP contribution in [-0.4, -0.2) is 17.6 Å². The molecule has 0 amide bonds. The van der Waals surface area contributed by atoms with Crippen molar-refractivity contribution >= 4 is 11.7 Å². The van der Waals surface area contributed by atoms with Crippen molar-refractivity contribution in [1.82, 2.24) is 4.57 Å². The smallest absolute Gasteiger partial charge is 0.419 e. The van der Waals surface area contributed by atoms with E-state index in [0.29, 0.717) is 6.07 Å². The summed E-state index contributed by atoms with van der Waals surface area (Å²) in [6, 6.07) is 3.37. The van der Waals surface area contributed by atoms with Crippen LogP contribution in [0, 0.1) is 24.1 Å². The molecule has 2 N–H and O–H groups in total. The molecule has 2 aromatic rings. The second kappa shape index (κ2) is 5.88. The standard InChI is InChI=1S/C15H11F4N3O2/c1-7-3-9(4-10(11(7)16)15(17,18)19)22-6-8(5-20)12(21)13(22)14(23)24-2/h3-4,6H,21H2,1-2H3. The van der Waals surface area contributed by atoms with Crippen LogP contribution in [-0.2, 0) is 10.9 Å². The highest BCUT2D eigenvalue weighted by molar-refractivity contribution is 5.96. The topological polar surface area (TPSA) is 81.0 Å². The lowest BCUT2D eigenvalue weighted by atomic mass is 10.1. The Balaban J connectivity index is 2.81. The molecular formula is C15H11F4N3O2. The number of anilines is 1. The van der Waals surface area contributed by atoms with Crippen molar-refractivity contribution in [3.8, 4) is 11.8 Å². The number of methoxy groups -OCH3 is 1. The number of halogens is 4. The van der Waals surface area contributed by atoms with Gasteiger partial charge in [0.1, 0.15) is 11.9 Å². The van der Waals surface area contributed by atoms with Crippen LogP contribution in [0.1, 0.15) is 27.2 Å². The maximum atomic E-state index is 13.8. The van der Waals surface area contributed by atoms with E-state index in [0.717, 1.165) is 30.9 Å². The quantitative estimate of drug-likeness (QED) is 0.672. The van der Waals surface area contributed by atoms with Gasteiger partial charge in [0.25, 0.3) is 0 Å². The fourth-order valence-electron chi connectivity index (χ4n) is 2.21. The number of esters is 1. The average Bonchev–Trinajstić information content (AvgIpc) is 2.84. The van der Waals surface area contributed by atoms with E-state index in [1.807, 2.05) is 0 Å². The first-order chi connectivity index (χ1) is 11.1. The number of nitrogen functional groups attached to an aromatic ring is 1. The fourth-order valence-corrected chi connectivity index (χ4v) is 2.21. The molecule has 9 heteroatoms. The van der Waals surface area contributed by atoms with E-state index >= 15 is 0 Å². The van der Waals surface area contributed by atoms with Crippen LogP contribution in [0.25, 0.3) is 5.69 Å². The molecule has 1 aromatic carbocycles. The Morgan fingerprint density at radius 3 is 2.50 bits per heavy atom. The molecule has 0 fully saturated rings. The molecule has 0 aliphatic rings. The Hall–Kier alpha value is -3.02. The number of ether oxygens (including phenoxy) is 1. The van der Waals surface area contributed by atoms with Gasteiger partial charge in [-0.2, -0.15) is 18.4 Å². The predicted molar refractivity (Wildman–Crippen MR) is 75.9 cm³/mol. The van der Waals surface area contributed by atoms with Gasteiger partial charge in [0, 0.05) is 11.9 Å². The highest BCUT2D eigenvalue weighted by Crippen LogP contribution is 2.35. The summed E-state index contributed by atoms with van der Waals surface area (Å²) in [5.41, 5.74) is 3.08. The maximum Gasteiger partial charge on any atom is 0.419 e. The molecule has 1 aromatic heterocycles. The lowest BCUT2D eigenvalue weighted by Crippen LogP contribution is -2.14. The van der Waals surface area contributed by atoms with Crippen molar-refractivity contribution in [3.05, 3.63) is 46.5 Å². The molecule has 1 heterocycles. The largest absolute Gasteiger partial charge is 0.464 e. The third-order valence-electron chi connectivity index (χ3n) is 3.37. The van der Waals surface area contributed by atoms with Crippen LogP contribution in [0.4, 0.5) is 23.2 Å². The molecule has 0 aliphatic carbocycles. The molecule has 24 heavy (non-hydrogen) atoms. The van der Waals surface area contributed by atoms with E-state index < -0.39 is 23.5 Å². The molecule has 2 rings (SSSR count). The summed E-state index contributed by atoms with van der Waals surface area (Å²) in [5.74, 6) is -2.35. The first-order valence-corrected chi connectivity index (χ1v) is 6.48. The SMILES string of the molecule is COC(=O)c1c(N)c(C#N)cn1-c1cc(C)c(F)c(C(F)(F)F)c1. The number of nitriles is 1. The summed E-state index contributed by atoms with van der Waals surface area (Å²) >= 11 is 0. The number of hydrogen-bond donors (Lipinski definition) is 1. The summed E-state index contributed by atoms with van der Waals surface area (Å²) < 4.78 is 58.2. The normalized spacial score (nSPS) is 11.2. The van der Waals surface area contributed by atoms with Crippen molar-refractivity contribution in [3.63, 3.8) is 0 Å². The summed E-state index contributed by atoms with van der Waals surface area (Å²) in [4.78, 5) is 11.9. The Kier molecular flexibility index (Phi) is 4.25. The van der Waals surface area contributed by atoms with E-state index in [1.54, 1.807) is 6.07 Å². The molecule has 0 aliphatic heterocycles. The Bertz CT molecular complexity index is 863. The van der Waals surface area contributed by atoms with Crippen LogP contribution < -0.4 is 5.73 Å². The number of alkyl halides is 3. The number of nitrogens with two attached hydrogens (primary N) is 1. The van der Waals surface area contributed by atoms with Gasteiger partial charge in [-0.1, -0.05) is 0 Å². The highest BCUT2D eigenvalue weighted by Gasteiger charge is 2.35. The first-order valence-electron chi connectivity index (χ1n) is 6.48. The number of aromatic nitrogens is 1. The van der Waals surface area contributed by atoms with Gasteiger partial charge >= 0.3 is 12.1 Å². The van der Waals surface area contributed by atoms with Crippen molar-refractivity contribution in [2.24, 2.45) is 0 Å². The van der Waals surface area contributed by atoms with E-state index in [2.05, 4.69) is 4.74 Å². The fraction of sp³-hybridized carbons (Fsp3) is 0.200. The minimum atomic E-state index is -4.92. The Labute approximate surface area is 133 Å². The summed E-state index contributed by atoms with van der Waals surface area (Å²) in [5, 5.41) is 9.00. The number of hydrogen-bond acceptors (Lipinski definition) is 4. The first kappa shape index (κ1) is 17.3. The third kappa shape index (κ3) is 2.78. The minimum absolute atomic E-state index is 0.120. The van der Waals surface area contributed by atoms with E-state index in [1.165, 1.54) is 0 Å². The summed E-state index contributed by atoms with van der Waals surface area (Å²) in [6.07, 6.45) is -3.83. The van der Waals surface area contributed by atoms with Gasteiger partial charge in [-0.25, -0.2) is 9.18 Å². The van der Waals surface area contributed by atoms with E-state index in [4.69, 9.17) is 11.0 Å². The van der Waals surface area contributed by atoms with Crippen LogP contribution in [0.5, 0.6) is 0 Å². The zero-order chi connectivity index (χ0) is 18.2. The highest BCUT2D eigenvalue weighted by atomic mass is 19.4. The van der Waals surface area contributed by atoms with Gasteiger partial charge in [-0.05, 0) is 24.6 Å². The molecule has 0 bridgehead atoms. The molecule has 0 atom stereocenters. The van der Waals surface area contributed by atoms with Crippen LogP contribution in [0.15, 0.2) is 18.3 Å². The second-order valence-electron chi connectivity index (χ2n) is 4.90. The monoisotopic (exact) mass is 341 g/mol. The molecule has 0 saturated carbocycles. The van der Waals surface area contributed by atoms with Crippen LogP contribution >= 0.6 is 0 Å². The maximum absolute atomic E-state index is 13.8. The predicted octanol–water partition coefficient (Wildman–Crippen LogP) is 3.18. The molecule has 0 spiro atoms. The van der Waals surface area contributed by atoms with Crippen molar-refractivity contribution in [1.29, 1.82) is 5.26 Å². The molecule has 0 saturated heterocycles. The van der Waals surface area contributed by atoms with Gasteiger partial charge < -0.3 is 15.0 Å². The third-order valence-corrected chi connectivity index (χ3v) is 3.37.